The van der Waals surface area contributed by atoms with Crippen molar-refractivity contribution in [3.63, 3.8) is 0 Å². The van der Waals surface area contributed by atoms with Crippen molar-refractivity contribution in [3.05, 3.63) is 33.0 Å². The van der Waals surface area contributed by atoms with Crippen molar-refractivity contribution in [1.82, 2.24) is 34.3 Å². The zero-order chi connectivity index (χ0) is 19.4. The molecule has 0 radical (unpaired) electrons. The van der Waals surface area contributed by atoms with Gasteiger partial charge in [-0.15, -0.1) is 0 Å². The maximum atomic E-state index is 12.6. The molecule has 0 aliphatic rings. The molecule has 0 atom stereocenters. The normalized spacial score (nSPS) is 11.7. The summed E-state index contributed by atoms with van der Waals surface area (Å²) in [6.07, 6.45) is 4.17. The summed E-state index contributed by atoms with van der Waals surface area (Å²) in [5, 5.41) is 7.35. The van der Waals surface area contributed by atoms with Crippen molar-refractivity contribution in [2.75, 3.05) is 0 Å². The van der Waals surface area contributed by atoms with Crippen LogP contribution in [0.25, 0.3) is 11.2 Å². The van der Waals surface area contributed by atoms with E-state index in [1.54, 1.807) is 4.57 Å². The molecule has 0 aliphatic heterocycles. The Kier molecular flexibility index (Phi) is 6.15. The number of aryl methyl sites for hydroxylation is 2. The number of nitrogens with one attached hydrogen (secondary N) is 2. The van der Waals surface area contributed by atoms with Gasteiger partial charge in [0.05, 0.1) is 5.75 Å². The molecule has 0 amide bonds. The molecule has 27 heavy (non-hydrogen) atoms. The number of H-pyrrole nitrogens is 2. The molecular weight excluding hydrogens is 366 g/mol. The summed E-state index contributed by atoms with van der Waals surface area (Å²) in [5.41, 5.74) is 0.160. The molecule has 3 rings (SSSR count). The highest BCUT2D eigenvalue weighted by Crippen LogP contribution is 2.22. The van der Waals surface area contributed by atoms with Crippen LogP contribution in [0.4, 0.5) is 0 Å². The first kappa shape index (κ1) is 19.4. The zero-order valence-corrected chi connectivity index (χ0v) is 16.7. The number of hydrogen-bond acceptors (Lipinski definition) is 6. The minimum absolute atomic E-state index is 0.380. The number of imidazole rings is 1. The molecule has 3 aromatic heterocycles. The highest BCUT2D eigenvalue weighted by atomic mass is 32.2. The van der Waals surface area contributed by atoms with Gasteiger partial charge in [-0.25, -0.2) is 14.8 Å². The molecule has 146 valence electrons. The molecule has 2 N–H and O–H groups in total. The van der Waals surface area contributed by atoms with Crippen LogP contribution in [0.15, 0.2) is 21.1 Å². The fourth-order valence-corrected chi connectivity index (χ4v) is 3.60. The van der Waals surface area contributed by atoms with Crippen LogP contribution in [-0.2, 0) is 18.8 Å². The molecule has 0 saturated carbocycles. The first-order valence-corrected chi connectivity index (χ1v) is 10.2. The highest BCUT2D eigenvalue weighted by Gasteiger charge is 2.19. The van der Waals surface area contributed by atoms with Crippen molar-refractivity contribution in [2.24, 2.45) is 5.92 Å². The second-order valence-electron chi connectivity index (χ2n) is 6.88. The lowest BCUT2D eigenvalue weighted by Gasteiger charge is -2.10. The molecule has 0 aliphatic carbocycles. The van der Waals surface area contributed by atoms with Crippen molar-refractivity contribution in [1.29, 1.82) is 0 Å². The molecule has 0 bridgehead atoms. The number of thioether (sulfide) groups is 1. The van der Waals surface area contributed by atoms with Crippen molar-refractivity contribution >= 4 is 22.9 Å². The molecule has 10 heteroatoms. The van der Waals surface area contributed by atoms with Gasteiger partial charge in [-0.1, -0.05) is 39.0 Å². The summed E-state index contributed by atoms with van der Waals surface area (Å²) in [5.74, 6) is 1.78. The second kappa shape index (κ2) is 8.55. The molecule has 3 aromatic rings. The van der Waals surface area contributed by atoms with Crippen LogP contribution in [0.5, 0.6) is 0 Å². The van der Waals surface area contributed by atoms with Crippen LogP contribution in [0.3, 0.4) is 0 Å². The maximum Gasteiger partial charge on any atom is 0.330 e. The van der Waals surface area contributed by atoms with E-state index >= 15 is 0 Å². The molecule has 0 unspecified atom stereocenters. The van der Waals surface area contributed by atoms with Gasteiger partial charge < -0.3 is 4.57 Å². The van der Waals surface area contributed by atoms with Crippen LogP contribution in [0, 0.1) is 5.92 Å². The SMILES string of the molecule is CCCCn1c(=O)[nH]c(=O)c2c1nc(CSc1ncn[nH]1)n2CCC(C)C. The van der Waals surface area contributed by atoms with Gasteiger partial charge in [0.2, 0.25) is 0 Å². The summed E-state index contributed by atoms with van der Waals surface area (Å²) in [6, 6.07) is 0. The van der Waals surface area contributed by atoms with Gasteiger partial charge in [-0.05, 0) is 18.8 Å². The van der Waals surface area contributed by atoms with E-state index in [1.807, 2.05) is 4.57 Å². The van der Waals surface area contributed by atoms with E-state index in [9.17, 15) is 9.59 Å². The lowest BCUT2D eigenvalue weighted by molar-refractivity contribution is 0.515. The van der Waals surface area contributed by atoms with Crippen LogP contribution in [-0.4, -0.2) is 34.3 Å². The minimum Gasteiger partial charge on any atom is -0.321 e. The lowest BCUT2D eigenvalue weighted by atomic mass is 10.1. The smallest absolute Gasteiger partial charge is 0.321 e. The summed E-state index contributed by atoms with van der Waals surface area (Å²) >= 11 is 1.47. The van der Waals surface area contributed by atoms with E-state index in [0.717, 1.165) is 25.1 Å². The summed E-state index contributed by atoms with van der Waals surface area (Å²) < 4.78 is 3.52. The molecule has 0 saturated heterocycles. The fraction of sp³-hybridized carbons (Fsp3) is 0.588. The Morgan fingerprint density at radius 3 is 2.70 bits per heavy atom. The van der Waals surface area contributed by atoms with E-state index < -0.39 is 5.69 Å². The number of fused-ring (bicyclic) bond motifs is 1. The van der Waals surface area contributed by atoms with Gasteiger partial charge in [0.25, 0.3) is 5.56 Å². The minimum atomic E-state index is -0.399. The third-order valence-electron chi connectivity index (χ3n) is 4.36. The Labute approximate surface area is 160 Å². The monoisotopic (exact) mass is 391 g/mol. The Balaban J connectivity index is 2.08. The standard InChI is InChI=1S/C17H25N7O2S/c1-4-5-7-24-14-13(15(25)21-17(24)26)23(8-6-11(2)3)12(20-14)9-27-16-18-10-19-22-16/h10-11H,4-9H2,1-3H3,(H,18,19,22)(H,21,25,26). The Morgan fingerprint density at radius 2 is 2.04 bits per heavy atom. The van der Waals surface area contributed by atoms with E-state index in [-0.39, 0.29) is 5.56 Å². The summed E-state index contributed by atoms with van der Waals surface area (Å²) in [6.45, 7) is 7.57. The number of aromatic amines is 2. The van der Waals surface area contributed by atoms with Crippen LogP contribution in [0.2, 0.25) is 0 Å². The van der Waals surface area contributed by atoms with Gasteiger partial charge in [0.15, 0.2) is 16.3 Å². The third kappa shape index (κ3) is 4.32. The number of rotatable bonds is 9. The Hall–Kier alpha value is -2.36. The van der Waals surface area contributed by atoms with Gasteiger partial charge in [0, 0.05) is 13.1 Å². The van der Waals surface area contributed by atoms with E-state index in [4.69, 9.17) is 0 Å². The maximum absolute atomic E-state index is 12.6. The van der Waals surface area contributed by atoms with Gasteiger partial charge in [-0.3, -0.25) is 19.4 Å². The lowest BCUT2D eigenvalue weighted by Crippen LogP contribution is -2.31. The van der Waals surface area contributed by atoms with E-state index in [2.05, 4.69) is 45.9 Å². The average Bonchev–Trinajstić information content (AvgIpc) is 3.25. The van der Waals surface area contributed by atoms with Crippen molar-refractivity contribution in [2.45, 2.75) is 64.0 Å². The van der Waals surface area contributed by atoms with E-state index in [1.165, 1.54) is 18.1 Å². The predicted molar refractivity (Wildman–Crippen MR) is 105 cm³/mol. The van der Waals surface area contributed by atoms with Gasteiger partial charge in [-0.2, -0.15) is 5.10 Å². The summed E-state index contributed by atoms with van der Waals surface area (Å²) in [7, 11) is 0. The molecule has 9 nitrogen and oxygen atoms in total. The van der Waals surface area contributed by atoms with Crippen molar-refractivity contribution in [3.8, 4) is 0 Å². The molecular formula is C17H25N7O2S. The van der Waals surface area contributed by atoms with Crippen LogP contribution in [0.1, 0.15) is 45.9 Å². The van der Waals surface area contributed by atoms with Gasteiger partial charge >= 0.3 is 5.69 Å². The number of unbranched alkanes of at least 4 members (excludes halogenated alkanes) is 1. The van der Waals surface area contributed by atoms with Crippen LogP contribution < -0.4 is 11.2 Å². The highest BCUT2D eigenvalue weighted by molar-refractivity contribution is 7.98. The molecule has 0 fully saturated rings. The molecule has 0 aromatic carbocycles. The first-order valence-electron chi connectivity index (χ1n) is 9.21. The predicted octanol–water partition coefficient (Wildman–Crippen LogP) is 2.14. The Bertz CT molecular complexity index is 1000. The molecule has 0 spiro atoms. The third-order valence-corrected chi connectivity index (χ3v) is 5.23. The van der Waals surface area contributed by atoms with E-state index in [0.29, 0.717) is 41.1 Å². The number of hydrogen-bond donors (Lipinski definition) is 2. The topological polar surface area (TPSA) is 114 Å². The molecule has 3 heterocycles. The fourth-order valence-electron chi connectivity index (χ4n) is 2.88. The largest absolute Gasteiger partial charge is 0.330 e. The van der Waals surface area contributed by atoms with Crippen molar-refractivity contribution < 1.29 is 0 Å². The summed E-state index contributed by atoms with van der Waals surface area (Å²) in [4.78, 5) is 36.2. The second-order valence-corrected chi connectivity index (χ2v) is 7.84. The zero-order valence-electron chi connectivity index (χ0n) is 15.9. The van der Waals surface area contributed by atoms with Crippen LogP contribution >= 0.6 is 11.8 Å². The quantitative estimate of drug-likeness (QED) is 0.540. The first-order chi connectivity index (χ1) is 13.0. The number of aromatic nitrogens is 7. The van der Waals surface area contributed by atoms with Gasteiger partial charge in [0.1, 0.15) is 12.2 Å². The Morgan fingerprint density at radius 1 is 1.22 bits per heavy atom. The average molecular weight is 392 g/mol. The number of nitrogens with zero attached hydrogens (tertiary/aromatic N) is 5.